The van der Waals surface area contributed by atoms with Gasteiger partial charge in [0.15, 0.2) is 5.54 Å². The van der Waals surface area contributed by atoms with E-state index < -0.39 is 23.6 Å². The summed E-state index contributed by atoms with van der Waals surface area (Å²) in [6.07, 6.45) is -0.875. The molecule has 26 heavy (non-hydrogen) atoms. The lowest BCUT2D eigenvalue weighted by molar-refractivity contribution is -0.153. The number of thioether (sulfide) groups is 1. The Kier molecular flexibility index (Phi) is 4.84. The highest BCUT2D eigenvalue weighted by molar-refractivity contribution is 8.00. The van der Waals surface area contributed by atoms with E-state index in [1.807, 2.05) is 5.38 Å². The lowest BCUT2D eigenvalue weighted by Gasteiger charge is -2.55. The summed E-state index contributed by atoms with van der Waals surface area (Å²) in [6.45, 7) is 1.21. The molecular formula is C15H17N3O6S2. The van der Waals surface area contributed by atoms with Crippen molar-refractivity contribution >= 4 is 52.0 Å². The van der Waals surface area contributed by atoms with Crippen molar-refractivity contribution in [3.8, 4) is 0 Å². The van der Waals surface area contributed by atoms with Gasteiger partial charge in [0.1, 0.15) is 11.4 Å². The van der Waals surface area contributed by atoms with Crippen LogP contribution in [0.2, 0.25) is 0 Å². The first-order valence-corrected chi connectivity index (χ1v) is 9.58. The molecule has 11 heteroatoms. The Morgan fingerprint density at radius 2 is 2.19 bits per heavy atom. The number of rotatable bonds is 4. The zero-order chi connectivity index (χ0) is 19.1. The van der Waals surface area contributed by atoms with Crippen molar-refractivity contribution in [2.24, 2.45) is 0 Å². The molecule has 9 nitrogen and oxygen atoms in total. The van der Waals surface area contributed by atoms with Gasteiger partial charge in [-0.25, -0.2) is 9.59 Å². The number of aliphatic carboxylic acids is 1. The van der Waals surface area contributed by atoms with Crippen LogP contribution >= 0.6 is 23.1 Å². The Hall–Kier alpha value is -2.27. The maximum Gasteiger partial charge on any atom is 0.407 e. The molecule has 0 saturated carbocycles. The number of alkyl carbamates (subject to hydrolysis) is 1. The first-order valence-electron chi connectivity index (χ1n) is 7.65. The largest absolute Gasteiger partial charge is 0.479 e. The summed E-state index contributed by atoms with van der Waals surface area (Å²) >= 11 is 2.57. The molecule has 2 saturated heterocycles. The zero-order valence-corrected chi connectivity index (χ0v) is 15.6. The average Bonchev–Trinajstić information content (AvgIpc) is 3.12. The van der Waals surface area contributed by atoms with Crippen molar-refractivity contribution in [3.05, 3.63) is 17.5 Å². The number of carbonyl (C=O) groups is 4. The Labute approximate surface area is 157 Å². The molecule has 2 aliphatic heterocycles. The molecule has 1 aromatic rings. The van der Waals surface area contributed by atoms with Gasteiger partial charge in [-0.2, -0.15) is 0 Å². The van der Waals surface area contributed by atoms with Gasteiger partial charge in [-0.3, -0.25) is 14.5 Å². The third kappa shape index (κ3) is 2.90. The predicted molar refractivity (Wildman–Crippen MR) is 95.1 cm³/mol. The van der Waals surface area contributed by atoms with Crippen molar-refractivity contribution in [3.63, 3.8) is 0 Å². The van der Waals surface area contributed by atoms with Crippen LogP contribution in [-0.4, -0.2) is 70.2 Å². The van der Waals surface area contributed by atoms with E-state index in [2.05, 4.69) is 10.1 Å². The van der Waals surface area contributed by atoms with E-state index in [1.54, 1.807) is 12.1 Å². The second-order valence-electron chi connectivity index (χ2n) is 5.96. The second kappa shape index (κ2) is 6.80. The maximum absolute atomic E-state index is 12.7. The van der Waals surface area contributed by atoms with E-state index in [-0.39, 0.29) is 29.5 Å². The number of thiophene rings is 1. The molecule has 0 aliphatic carbocycles. The third-order valence-electron chi connectivity index (χ3n) is 4.35. The molecule has 0 aromatic carbocycles. The minimum Gasteiger partial charge on any atom is -0.479 e. The van der Waals surface area contributed by atoms with E-state index in [0.29, 0.717) is 5.00 Å². The van der Waals surface area contributed by atoms with Gasteiger partial charge in [0.05, 0.1) is 18.7 Å². The van der Waals surface area contributed by atoms with Gasteiger partial charge in [0.25, 0.3) is 0 Å². The number of fused-ring (bicyclic) bond motifs is 1. The molecule has 2 aliphatic rings. The highest BCUT2D eigenvalue weighted by atomic mass is 32.2. The SMILES string of the molecule is COC(=O)NC1(C(=O)O)CS[C@@H]2C(N(C(C)=O)c3cccs3)C(=O)N2C1. The fourth-order valence-corrected chi connectivity index (χ4v) is 5.39. The van der Waals surface area contributed by atoms with Crippen LogP contribution in [0.3, 0.4) is 0 Å². The van der Waals surface area contributed by atoms with Crippen LogP contribution in [0.5, 0.6) is 0 Å². The Balaban J connectivity index is 1.82. The Morgan fingerprint density at radius 3 is 2.73 bits per heavy atom. The third-order valence-corrected chi connectivity index (χ3v) is 6.73. The van der Waals surface area contributed by atoms with Gasteiger partial charge in [-0.05, 0) is 17.5 Å². The molecule has 140 valence electrons. The van der Waals surface area contributed by atoms with Crippen LogP contribution < -0.4 is 10.2 Å². The van der Waals surface area contributed by atoms with Crippen LogP contribution in [-0.2, 0) is 19.1 Å². The van der Waals surface area contributed by atoms with E-state index >= 15 is 0 Å². The molecule has 3 amide bonds. The number of methoxy groups -OCH3 is 1. The van der Waals surface area contributed by atoms with Gasteiger partial charge >= 0.3 is 12.1 Å². The number of hydrogen-bond donors (Lipinski definition) is 2. The molecule has 0 bridgehead atoms. The summed E-state index contributed by atoms with van der Waals surface area (Å²) in [5.74, 6) is -1.79. The number of ether oxygens (including phenoxy) is 1. The second-order valence-corrected chi connectivity index (χ2v) is 7.99. The number of carboxylic acid groups (broad SMARTS) is 1. The van der Waals surface area contributed by atoms with Crippen LogP contribution in [0.15, 0.2) is 17.5 Å². The van der Waals surface area contributed by atoms with Crippen LogP contribution in [0, 0.1) is 0 Å². The predicted octanol–water partition coefficient (Wildman–Crippen LogP) is 0.564. The smallest absolute Gasteiger partial charge is 0.407 e. The molecular weight excluding hydrogens is 382 g/mol. The fourth-order valence-electron chi connectivity index (χ4n) is 3.06. The van der Waals surface area contributed by atoms with E-state index in [9.17, 15) is 24.3 Å². The van der Waals surface area contributed by atoms with Crippen molar-refractivity contribution < 1.29 is 29.0 Å². The minimum absolute atomic E-state index is 0.0541. The topological polar surface area (TPSA) is 116 Å². The molecule has 2 N–H and O–H groups in total. The average molecular weight is 399 g/mol. The first-order chi connectivity index (χ1) is 12.3. The van der Waals surface area contributed by atoms with Crippen molar-refractivity contribution in [1.29, 1.82) is 0 Å². The zero-order valence-electron chi connectivity index (χ0n) is 14.0. The molecule has 0 spiro atoms. The summed E-state index contributed by atoms with van der Waals surface area (Å²) in [4.78, 5) is 50.9. The number of amides is 3. The molecule has 2 fully saturated rings. The summed E-state index contributed by atoms with van der Waals surface area (Å²) in [5.41, 5.74) is -1.63. The molecule has 0 radical (unpaired) electrons. The molecule has 3 atom stereocenters. The van der Waals surface area contributed by atoms with Gasteiger partial charge in [-0.1, -0.05) is 0 Å². The normalized spacial score (nSPS) is 27.2. The highest BCUT2D eigenvalue weighted by Gasteiger charge is 2.60. The number of β-lactam (4-membered cyclic amide) rings is 1. The summed E-state index contributed by atoms with van der Waals surface area (Å²) < 4.78 is 4.50. The first kappa shape index (κ1) is 18.5. The molecule has 3 rings (SSSR count). The maximum atomic E-state index is 12.7. The number of nitrogens with zero attached hydrogens (tertiary/aromatic N) is 2. The van der Waals surface area contributed by atoms with E-state index in [4.69, 9.17) is 0 Å². The number of carbonyl (C=O) groups excluding carboxylic acids is 3. The van der Waals surface area contributed by atoms with Gasteiger partial charge in [0.2, 0.25) is 11.8 Å². The lowest BCUT2D eigenvalue weighted by Crippen LogP contribution is -2.78. The number of hydrogen-bond acceptors (Lipinski definition) is 7. The van der Waals surface area contributed by atoms with Crippen molar-refractivity contribution in [1.82, 2.24) is 10.2 Å². The van der Waals surface area contributed by atoms with Gasteiger partial charge in [-0.15, -0.1) is 23.1 Å². The molecule has 2 unspecified atom stereocenters. The Morgan fingerprint density at radius 1 is 1.46 bits per heavy atom. The molecule has 1 aromatic heterocycles. The number of carboxylic acids is 1. The van der Waals surface area contributed by atoms with Crippen molar-refractivity contribution in [2.45, 2.75) is 23.9 Å². The quantitative estimate of drug-likeness (QED) is 0.711. The van der Waals surface area contributed by atoms with Crippen LogP contribution in [0.25, 0.3) is 0 Å². The summed E-state index contributed by atoms with van der Waals surface area (Å²) in [7, 11) is 1.14. The number of nitrogens with one attached hydrogen (secondary N) is 1. The minimum atomic E-state index is -1.63. The molecule has 3 heterocycles. The monoisotopic (exact) mass is 399 g/mol. The van der Waals surface area contributed by atoms with Crippen LogP contribution in [0.1, 0.15) is 6.92 Å². The lowest BCUT2D eigenvalue weighted by atomic mass is 9.95. The van der Waals surface area contributed by atoms with E-state index in [0.717, 1.165) is 7.11 Å². The summed E-state index contributed by atoms with van der Waals surface area (Å²) in [5, 5.41) is 14.0. The van der Waals surface area contributed by atoms with E-state index in [1.165, 1.54) is 39.8 Å². The number of anilines is 1. The highest BCUT2D eigenvalue weighted by Crippen LogP contribution is 2.42. The summed E-state index contributed by atoms with van der Waals surface area (Å²) in [6, 6.07) is 2.87. The van der Waals surface area contributed by atoms with Crippen molar-refractivity contribution in [2.75, 3.05) is 24.3 Å². The van der Waals surface area contributed by atoms with Crippen LogP contribution in [0.4, 0.5) is 9.80 Å². The standard InChI is InChI=1S/C15H17N3O6S2/c1-8(19)18(9-4-3-5-25-9)10-11(20)17-6-15(13(21)22,7-26-12(10)17)16-14(23)24-2/h3-5,10,12H,6-7H2,1-2H3,(H,16,23)(H,21,22)/t10?,12-,15?/m1/s1. The Bertz CT molecular complexity index is 755. The van der Waals surface area contributed by atoms with Gasteiger partial charge in [0, 0.05) is 12.7 Å². The fraction of sp³-hybridized carbons (Fsp3) is 0.467. The van der Waals surface area contributed by atoms with Gasteiger partial charge < -0.3 is 20.1 Å².